The highest BCUT2D eigenvalue weighted by molar-refractivity contribution is 5.95. The molecule has 4 heteroatoms. The van der Waals surface area contributed by atoms with Gasteiger partial charge < -0.3 is 0 Å². The van der Waals surface area contributed by atoms with Crippen LogP contribution in [0, 0.1) is 0 Å². The molecule has 4 nitrogen and oxygen atoms in total. The molecule has 0 aliphatic carbocycles. The summed E-state index contributed by atoms with van der Waals surface area (Å²) in [6.45, 7) is 0. The van der Waals surface area contributed by atoms with Gasteiger partial charge in [-0.1, -0.05) is 48.5 Å². The van der Waals surface area contributed by atoms with Crippen LogP contribution >= 0.6 is 0 Å². The number of pyridine rings is 1. The van der Waals surface area contributed by atoms with Crippen LogP contribution in [-0.4, -0.2) is 17.1 Å². The molecule has 0 saturated heterocycles. The quantitative estimate of drug-likeness (QED) is 0.592. The smallest absolute Gasteiger partial charge is 0.267 e. The molecule has 1 aromatic heterocycles. The van der Waals surface area contributed by atoms with E-state index in [4.69, 9.17) is 0 Å². The molecule has 0 aliphatic heterocycles. The van der Waals surface area contributed by atoms with Gasteiger partial charge in [-0.3, -0.25) is 9.78 Å². The number of carbonyl (C=O) groups excluding carboxylic acids is 1. The molecule has 0 aliphatic rings. The lowest BCUT2D eigenvalue weighted by molar-refractivity contribution is 0.0955. The van der Waals surface area contributed by atoms with E-state index in [0.717, 1.165) is 11.1 Å². The summed E-state index contributed by atoms with van der Waals surface area (Å²) in [6, 6.07) is 22.9. The van der Waals surface area contributed by atoms with Gasteiger partial charge in [0.1, 0.15) is 0 Å². The Balaban J connectivity index is 1.65. The molecule has 112 valence electrons. The fraction of sp³-hybridized carbons (Fsp3) is 0. The van der Waals surface area contributed by atoms with E-state index >= 15 is 0 Å². The molecule has 3 rings (SSSR count). The molecule has 1 heterocycles. The summed E-state index contributed by atoms with van der Waals surface area (Å²) >= 11 is 0. The Bertz CT molecular complexity index is 797. The maximum Gasteiger partial charge on any atom is 0.271 e. The Labute approximate surface area is 134 Å². The maximum absolute atomic E-state index is 12.0. The van der Waals surface area contributed by atoms with E-state index in [1.54, 1.807) is 18.3 Å². The van der Waals surface area contributed by atoms with Crippen LogP contribution in [0.2, 0.25) is 0 Å². The van der Waals surface area contributed by atoms with E-state index in [-0.39, 0.29) is 5.91 Å². The van der Waals surface area contributed by atoms with Gasteiger partial charge in [-0.2, -0.15) is 5.10 Å². The number of aromatic nitrogens is 1. The summed E-state index contributed by atoms with van der Waals surface area (Å²) in [5.41, 5.74) is 5.93. The van der Waals surface area contributed by atoms with Crippen molar-refractivity contribution >= 4 is 12.1 Å². The third kappa shape index (κ3) is 3.89. The minimum absolute atomic E-state index is 0.253. The molecular formula is C19H15N3O. The van der Waals surface area contributed by atoms with Crippen molar-refractivity contribution < 1.29 is 4.79 Å². The molecule has 0 atom stereocenters. The number of amides is 1. The van der Waals surface area contributed by atoms with Crippen LogP contribution in [-0.2, 0) is 0 Å². The summed E-state index contributed by atoms with van der Waals surface area (Å²) in [5.74, 6) is -0.253. The van der Waals surface area contributed by atoms with Gasteiger partial charge in [-0.25, -0.2) is 5.43 Å². The highest BCUT2D eigenvalue weighted by Gasteiger charge is 2.04. The van der Waals surface area contributed by atoms with Crippen LogP contribution in [0.15, 0.2) is 84.1 Å². The Morgan fingerprint density at radius 2 is 1.57 bits per heavy atom. The van der Waals surface area contributed by atoms with Crippen molar-refractivity contribution in [3.8, 4) is 11.1 Å². The maximum atomic E-state index is 12.0. The number of hydrazone groups is 1. The number of hydrogen-bond donors (Lipinski definition) is 1. The van der Waals surface area contributed by atoms with Gasteiger partial charge in [0, 0.05) is 11.8 Å². The molecule has 0 fully saturated rings. The fourth-order valence-corrected chi connectivity index (χ4v) is 2.12. The summed E-state index contributed by atoms with van der Waals surface area (Å²) in [7, 11) is 0. The zero-order valence-electron chi connectivity index (χ0n) is 12.4. The average molecular weight is 301 g/mol. The molecule has 1 amide bonds. The topological polar surface area (TPSA) is 54.4 Å². The first-order chi connectivity index (χ1) is 11.3. The van der Waals surface area contributed by atoms with Crippen LogP contribution in [0.4, 0.5) is 0 Å². The van der Waals surface area contributed by atoms with Gasteiger partial charge in [0.05, 0.1) is 11.9 Å². The predicted octanol–water partition coefficient (Wildman–Crippen LogP) is 3.51. The van der Waals surface area contributed by atoms with Gasteiger partial charge in [0.15, 0.2) is 0 Å². The first-order valence-electron chi connectivity index (χ1n) is 7.23. The number of rotatable bonds is 4. The average Bonchev–Trinajstić information content (AvgIpc) is 2.63. The van der Waals surface area contributed by atoms with Crippen LogP contribution in [0.25, 0.3) is 11.1 Å². The molecular weight excluding hydrogens is 286 g/mol. The first kappa shape index (κ1) is 14.7. The minimum atomic E-state index is -0.253. The van der Waals surface area contributed by atoms with E-state index in [1.165, 1.54) is 6.21 Å². The predicted molar refractivity (Wildman–Crippen MR) is 91.2 cm³/mol. The highest BCUT2D eigenvalue weighted by atomic mass is 16.2. The Hall–Kier alpha value is -3.27. The lowest BCUT2D eigenvalue weighted by atomic mass is 10.0. The zero-order valence-corrected chi connectivity index (χ0v) is 12.4. The highest BCUT2D eigenvalue weighted by Crippen LogP contribution is 2.19. The van der Waals surface area contributed by atoms with Gasteiger partial charge in [0.2, 0.25) is 0 Å². The number of hydrogen-bond acceptors (Lipinski definition) is 3. The van der Waals surface area contributed by atoms with Crippen LogP contribution in [0.5, 0.6) is 0 Å². The number of benzene rings is 2. The first-order valence-corrected chi connectivity index (χ1v) is 7.23. The summed E-state index contributed by atoms with van der Waals surface area (Å²) < 4.78 is 0. The third-order valence-corrected chi connectivity index (χ3v) is 3.30. The Morgan fingerprint density at radius 3 is 2.26 bits per heavy atom. The molecule has 0 bridgehead atoms. The van der Waals surface area contributed by atoms with E-state index in [1.807, 2.05) is 60.7 Å². The van der Waals surface area contributed by atoms with Gasteiger partial charge in [-0.05, 0) is 35.4 Å². The molecule has 0 unspecified atom stereocenters. The van der Waals surface area contributed by atoms with E-state index in [9.17, 15) is 4.79 Å². The van der Waals surface area contributed by atoms with Crippen LogP contribution in [0.1, 0.15) is 16.1 Å². The summed E-state index contributed by atoms with van der Waals surface area (Å²) in [6.07, 6.45) is 3.18. The largest absolute Gasteiger partial charge is 0.271 e. The summed E-state index contributed by atoms with van der Waals surface area (Å²) in [4.78, 5) is 16.1. The van der Waals surface area contributed by atoms with Crippen molar-refractivity contribution in [2.24, 2.45) is 5.10 Å². The van der Waals surface area contributed by atoms with Crippen molar-refractivity contribution in [1.29, 1.82) is 0 Å². The second kappa shape index (κ2) is 7.13. The van der Waals surface area contributed by atoms with Crippen molar-refractivity contribution in [3.05, 3.63) is 90.3 Å². The molecule has 2 aromatic carbocycles. The van der Waals surface area contributed by atoms with Crippen molar-refractivity contribution in [2.75, 3.05) is 0 Å². The third-order valence-electron chi connectivity index (χ3n) is 3.30. The van der Waals surface area contributed by atoms with Gasteiger partial charge in [0.25, 0.3) is 5.91 Å². The van der Waals surface area contributed by atoms with Crippen LogP contribution < -0.4 is 5.43 Å². The Morgan fingerprint density at radius 1 is 0.870 bits per heavy atom. The molecule has 23 heavy (non-hydrogen) atoms. The lowest BCUT2D eigenvalue weighted by Crippen LogP contribution is -2.17. The van der Waals surface area contributed by atoms with E-state index in [2.05, 4.69) is 15.5 Å². The molecule has 3 aromatic rings. The number of nitrogens with one attached hydrogen (secondary N) is 1. The monoisotopic (exact) mass is 301 g/mol. The summed E-state index contributed by atoms with van der Waals surface area (Å²) in [5, 5.41) is 3.91. The minimum Gasteiger partial charge on any atom is -0.267 e. The van der Waals surface area contributed by atoms with Crippen molar-refractivity contribution in [1.82, 2.24) is 10.4 Å². The zero-order chi connectivity index (χ0) is 15.9. The fourth-order valence-electron chi connectivity index (χ4n) is 2.12. The van der Waals surface area contributed by atoms with E-state index in [0.29, 0.717) is 11.3 Å². The van der Waals surface area contributed by atoms with Crippen molar-refractivity contribution in [3.63, 3.8) is 0 Å². The normalized spacial score (nSPS) is 10.6. The van der Waals surface area contributed by atoms with E-state index < -0.39 is 0 Å². The van der Waals surface area contributed by atoms with Crippen LogP contribution in [0.3, 0.4) is 0 Å². The SMILES string of the molecule is O=C(N/N=C/c1ccccn1)c1ccc(-c2ccccc2)cc1. The number of carbonyl (C=O) groups is 1. The molecule has 1 N–H and O–H groups in total. The number of nitrogens with zero attached hydrogens (tertiary/aromatic N) is 2. The second-order valence-electron chi connectivity index (χ2n) is 4.90. The molecule has 0 radical (unpaired) electrons. The standard InChI is InChI=1S/C19H15N3O/c23-19(22-21-14-18-8-4-5-13-20-18)17-11-9-16(10-12-17)15-6-2-1-3-7-15/h1-14H,(H,22,23)/b21-14+. The molecule has 0 spiro atoms. The lowest BCUT2D eigenvalue weighted by Gasteiger charge is -2.03. The molecule has 0 saturated carbocycles. The van der Waals surface area contributed by atoms with Gasteiger partial charge >= 0.3 is 0 Å². The van der Waals surface area contributed by atoms with Gasteiger partial charge in [-0.15, -0.1) is 0 Å². The second-order valence-corrected chi connectivity index (χ2v) is 4.90. The van der Waals surface area contributed by atoms with Crippen molar-refractivity contribution in [2.45, 2.75) is 0 Å². The Kier molecular flexibility index (Phi) is 4.55.